The Morgan fingerprint density at radius 2 is 2.15 bits per heavy atom. The van der Waals surface area contributed by atoms with Crippen molar-refractivity contribution in [2.75, 3.05) is 19.7 Å². The van der Waals surface area contributed by atoms with Gasteiger partial charge < -0.3 is 9.72 Å². The second kappa shape index (κ2) is 7.23. The SMILES string of the molecule is Cc1cc(=O)[nH]c([C@@H]2CN(Cc3cn[nH]c3-c3ccccc3)CCO2)n1. The van der Waals surface area contributed by atoms with Gasteiger partial charge in [0.25, 0.3) is 5.56 Å². The number of nitrogens with zero attached hydrogens (tertiary/aromatic N) is 3. The zero-order chi connectivity index (χ0) is 17.9. The monoisotopic (exact) mass is 351 g/mol. The van der Waals surface area contributed by atoms with E-state index in [0.717, 1.165) is 29.9 Å². The summed E-state index contributed by atoms with van der Waals surface area (Å²) in [5, 5.41) is 7.32. The second-order valence-electron chi connectivity index (χ2n) is 6.50. The third-order valence-corrected chi connectivity index (χ3v) is 4.52. The van der Waals surface area contributed by atoms with Gasteiger partial charge in [0, 0.05) is 37.0 Å². The van der Waals surface area contributed by atoms with Crippen molar-refractivity contribution in [1.29, 1.82) is 0 Å². The number of aromatic amines is 2. The molecule has 3 aromatic rings. The van der Waals surface area contributed by atoms with Crippen molar-refractivity contribution in [3.63, 3.8) is 0 Å². The van der Waals surface area contributed by atoms with E-state index in [4.69, 9.17) is 4.74 Å². The smallest absolute Gasteiger partial charge is 0.251 e. The fourth-order valence-electron chi connectivity index (χ4n) is 3.29. The average Bonchev–Trinajstić information content (AvgIpc) is 3.10. The molecule has 1 saturated heterocycles. The lowest BCUT2D eigenvalue weighted by Crippen LogP contribution is -2.39. The highest BCUT2D eigenvalue weighted by molar-refractivity contribution is 5.62. The highest BCUT2D eigenvalue weighted by Crippen LogP contribution is 2.25. The second-order valence-corrected chi connectivity index (χ2v) is 6.50. The van der Waals surface area contributed by atoms with Crippen LogP contribution in [0.4, 0.5) is 0 Å². The molecule has 2 aromatic heterocycles. The molecule has 0 unspecified atom stereocenters. The minimum atomic E-state index is -0.233. The van der Waals surface area contributed by atoms with Crippen LogP contribution in [-0.4, -0.2) is 44.8 Å². The largest absolute Gasteiger partial charge is 0.368 e. The van der Waals surface area contributed by atoms with Crippen LogP contribution in [0.1, 0.15) is 23.2 Å². The first-order valence-electron chi connectivity index (χ1n) is 8.68. The number of hydrogen-bond acceptors (Lipinski definition) is 5. The number of benzene rings is 1. The van der Waals surface area contributed by atoms with Crippen LogP contribution in [0.25, 0.3) is 11.3 Å². The van der Waals surface area contributed by atoms with Crippen LogP contribution in [0.2, 0.25) is 0 Å². The van der Waals surface area contributed by atoms with E-state index in [1.807, 2.05) is 31.3 Å². The Morgan fingerprint density at radius 1 is 1.31 bits per heavy atom. The quantitative estimate of drug-likeness (QED) is 0.751. The van der Waals surface area contributed by atoms with Gasteiger partial charge in [-0.15, -0.1) is 0 Å². The Balaban J connectivity index is 1.51. The van der Waals surface area contributed by atoms with Gasteiger partial charge in [0.1, 0.15) is 11.9 Å². The van der Waals surface area contributed by atoms with Crippen molar-refractivity contribution >= 4 is 0 Å². The van der Waals surface area contributed by atoms with Crippen molar-refractivity contribution in [3.05, 3.63) is 70.0 Å². The summed E-state index contributed by atoms with van der Waals surface area (Å²) in [6.45, 7) is 4.67. The molecule has 4 rings (SSSR count). The van der Waals surface area contributed by atoms with Gasteiger partial charge in [0.05, 0.1) is 18.5 Å². The van der Waals surface area contributed by atoms with Crippen LogP contribution in [0.15, 0.2) is 47.4 Å². The van der Waals surface area contributed by atoms with Crippen LogP contribution < -0.4 is 5.56 Å². The first-order chi connectivity index (χ1) is 12.7. The highest BCUT2D eigenvalue weighted by Gasteiger charge is 2.25. The lowest BCUT2D eigenvalue weighted by atomic mass is 10.1. The standard InChI is InChI=1S/C19H21N5O2/c1-13-9-17(25)22-19(21-13)16-12-24(7-8-26-16)11-15-10-20-23-18(15)14-5-3-2-4-6-14/h2-6,9-10,16H,7-8,11-12H2,1H3,(H,20,23)(H,21,22,25)/t16-/m0/s1. The molecule has 7 nitrogen and oxygen atoms in total. The first-order valence-corrected chi connectivity index (χ1v) is 8.68. The summed E-state index contributed by atoms with van der Waals surface area (Å²) in [4.78, 5) is 21.2. The lowest BCUT2D eigenvalue weighted by Gasteiger charge is -2.32. The van der Waals surface area contributed by atoms with Crippen LogP contribution in [0.3, 0.4) is 0 Å². The van der Waals surface area contributed by atoms with Crippen LogP contribution >= 0.6 is 0 Å². The van der Waals surface area contributed by atoms with Crippen molar-refractivity contribution in [3.8, 4) is 11.3 Å². The zero-order valence-electron chi connectivity index (χ0n) is 14.6. The van der Waals surface area contributed by atoms with Gasteiger partial charge in [-0.2, -0.15) is 5.10 Å². The maximum Gasteiger partial charge on any atom is 0.251 e. The molecule has 134 valence electrons. The fraction of sp³-hybridized carbons (Fsp3) is 0.316. The van der Waals surface area contributed by atoms with Crippen molar-refractivity contribution in [2.24, 2.45) is 0 Å². The van der Waals surface area contributed by atoms with E-state index >= 15 is 0 Å². The number of aryl methyl sites for hydroxylation is 1. The third-order valence-electron chi connectivity index (χ3n) is 4.52. The number of nitrogens with one attached hydrogen (secondary N) is 2. The van der Waals surface area contributed by atoms with E-state index < -0.39 is 0 Å². The Labute approximate surface area is 151 Å². The van der Waals surface area contributed by atoms with Gasteiger partial charge in [-0.1, -0.05) is 30.3 Å². The molecular weight excluding hydrogens is 330 g/mol. The number of aromatic nitrogens is 4. The van der Waals surface area contributed by atoms with Crippen molar-refractivity contribution in [1.82, 2.24) is 25.1 Å². The predicted octanol–water partition coefficient (Wildman–Crippen LogP) is 2.04. The van der Waals surface area contributed by atoms with Gasteiger partial charge in [-0.3, -0.25) is 14.8 Å². The van der Waals surface area contributed by atoms with E-state index in [0.29, 0.717) is 24.7 Å². The molecular formula is C19H21N5O2. The van der Waals surface area contributed by atoms with Crippen molar-refractivity contribution < 1.29 is 4.74 Å². The molecule has 3 heterocycles. The summed E-state index contributed by atoms with van der Waals surface area (Å²) in [6.07, 6.45) is 1.64. The summed E-state index contributed by atoms with van der Waals surface area (Å²) in [7, 11) is 0. The molecule has 0 spiro atoms. The Kier molecular flexibility index (Phi) is 4.64. The summed E-state index contributed by atoms with van der Waals surface area (Å²) < 4.78 is 5.84. The van der Waals surface area contributed by atoms with Gasteiger partial charge >= 0.3 is 0 Å². The molecule has 0 radical (unpaired) electrons. The Morgan fingerprint density at radius 3 is 2.96 bits per heavy atom. The van der Waals surface area contributed by atoms with E-state index in [9.17, 15) is 4.79 Å². The number of hydrogen-bond donors (Lipinski definition) is 2. The fourth-order valence-corrected chi connectivity index (χ4v) is 3.29. The van der Waals surface area contributed by atoms with Crippen LogP contribution in [-0.2, 0) is 11.3 Å². The predicted molar refractivity (Wildman–Crippen MR) is 97.6 cm³/mol. The van der Waals surface area contributed by atoms with Crippen LogP contribution in [0.5, 0.6) is 0 Å². The molecule has 1 fully saturated rings. The minimum absolute atomic E-state index is 0.144. The molecule has 26 heavy (non-hydrogen) atoms. The molecule has 0 aliphatic carbocycles. The van der Waals surface area contributed by atoms with Gasteiger partial charge in [-0.05, 0) is 12.5 Å². The Bertz CT molecular complexity index is 934. The normalized spacial score (nSPS) is 18.1. The molecule has 2 N–H and O–H groups in total. The molecule has 0 saturated carbocycles. The topological polar surface area (TPSA) is 86.9 Å². The van der Waals surface area contributed by atoms with Crippen LogP contribution in [0, 0.1) is 6.92 Å². The van der Waals surface area contributed by atoms with Gasteiger partial charge in [0.15, 0.2) is 0 Å². The first kappa shape index (κ1) is 16.7. The van der Waals surface area contributed by atoms with E-state index in [2.05, 4.69) is 37.2 Å². The summed E-state index contributed by atoms with van der Waals surface area (Å²) in [5.41, 5.74) is 3.85. The lowest BCUT2D eigenvalue weighted by molar-refractivity contribution is -0.0373. The molecule has 1 aliphatic rings. The molecule has 1 atom stereocenters. The number of H-pyrrole nitrogens is 2. The minimum Gasteiger partial charge on any atom is -0.368 e. The summed E-state index contributed by atoms with van der Waals surface area (Å²) in [6, 6.07) is 11.7. The molecule has 0 amide bonds. The number of ether oxygens (including phenoxy) is 1. The molecule has 0 bridgehead atoms. The molecule has 1 aliphatic heterocycles. The summed E-state index contributed by atoms with van der Waals surface area (Å²) in [5.74, 6) is 0.593. The van der Waals surface area contributed by atoms with E-state index in [1.54, 1.807) is 0 Å². The van der Waals surface area contributed by atoms with Crippen molar-refractivity contribution in [2.45, 2.75) is 19.6 Å². The molecule has 1 aromatic carbocycles. The van der Waals surface area contributed by atoms with Gasteiger partial charge in [-0.25, -0.2) is 4.98 Å². The zero-order valence-corrected chi connectivity index (χ0v) is 14.6. The third kappa shape index (κ3) is 3.58. The average molecular weight is 351 g/mol. The van der Waals surface area contributed by atoms with E-state index in [-0.39, 0.29) is 11.7 Å². The van der Waals surface area contributed by atoms with E-state index in [1.165, 1.54) is 6.07 Å². The summed E-state index contributed by atoms with van der Waals surface area (Å²) >= 11 is 0. The maximum atomic E-state index is 11.7. The number of rotatable bonds is 4. The number of morpholine rings is 1. The highest BCUT2D eigenvalue weighted by atomic mass is 16.5. The maximum absolute atomic E-state index is 11.7. The molecule has 7 heteroatoms. The Hall–Kier alpha value is -2.77. The van der Waals surface area contributed by atoms with Gasteiger partial charge in [0.2, 0.25) is 0 Å².